The van der Waals surface area contributed by atoms with Crippen molar-refractivity contribution in [3.63, 3.8) is 0 Å². The first-order chi connectivity index (χ1) is 10.7. The van der Waals surface area contributed by atoms with Crippen molar-refractivity contribution in [1.29, 1.82) is 0 Å². The molecule has 2 N–H and O–H groups in total. The Labute approximate surface area is 157 Å². The van der Waals surface area contributed by atoms with Gasteiger partial charge in [-0.1, -0.05) is 26.2 Å². The molecule has 0 amide bonds. The third-order valence-corrected chi connectivity index (χ3v) is 4.58. The Morgan fingerprint density at radius 3 is 2.78 bits per heavy atom. The summed E-state index contributed by atoms with van der Waals surface area (Å²) in [5.74, 6) is 2.72. The smallest absolute Gasteiger partial charge is 0.190 e. The second-order valence-electron chi connectivity index (χ2n) is 6.62. The Hall–Kier alpha value is -0.790. The average molecular weight is 433 g/mol. The zero-order valence-corrected chi connectivity index (χ0v) is 17.0. The highest BCUT2D eigenvalue weighted by Crippen LogP contribution is 2.30. The third-order valence-electron chi connectivity index (χ3n) is 4.58. The van der Waals surface area contributed by atoms with Crippen LogP contribution in [0.1, 0.15) is 44.6 Å². The molecule has 0 aromatic carbocycles. The van der Waals surface area contributed by atoms with E-state index in [0.29, 0.717) is 0 Å². The summed E-state index contributed by atoms with van der Waals surface area (Å²) in [6, 6.07) is 0. The van der Waals surface area contributed by atoms with Crippen LogP contribution in [0, 0.1) is 11.8 Å². The lowest BCUT2D eigenvalue weighted by Crippen LogP contribution is -2.39. The van der Waals surface area contributed by atoms with Gasteiger partial charge in [0.2, 0.25) is 0 Å². The molecule has 1 saturated carbocycles. The number of rotatable bonds is 6. The van der Waals surface area contributed by atoms with Gasteiger partial charge in [-0.05, 0) is 36.7 Å². The van der Waals surface area contributed by atoms with Gasteiger partial charge >= 0.3 is 0 Å². The largest absolute Gasteiger partial charge is 0.356 e. The molecule has 1 aliphatic carbocycles. The molecule has 1 fully saturated rings. The van der Waals surface area contributed by atoms with E-state index in [1.807, 2.05) is 25.0 Å². The van der Waals surface area contributed by atoms with Crippen LogP contribution in [-0.2, 0) is 13.5 Å². The van der Waals surface area contributed by atoms with Crippen LogP contribution < -0.4 is 10.6 Å². The highest BCUT2D eigenvalue weighted by Gasteiger charge is 2.18. The summed E-state index contributed by atoms with van der Waals surface area (Å²) in [6.07, 6.45) is 11.8. The zero-order chi connectivity index (χ0) is 15.8. The first kappa shape index (κ1) is 20.3. The van der Waals surface area contributed by atoms with Gasteiger partial charge in [0.15, 0.2) is 5.96 Å². The quantitative estimate of drug-likeness (QED) is 0.412. The number of nitrogens with zero attached hydrogens (tertiary/aromatic N) is 3. The lowest BCUT2D eigenvalue weighted by molar-refractivity contribution is 0.270. The molecule has 23 heavy (non-hydrogen) atoms. The molecule has 0 spiro atoms. The Morgan fingerprint density at radius 2 is 2.13 bits per heavy atom. The van der Waals surface area contributed by atoms with Crippen molar-refractivity contribution < 1.29 is 0 Å². The maximum Gasteiger partial charge on any atom is 0.190 e. The number of guanidine groups is 1. The lowest BCUT2D eigenvalue weighted by atomic mass is 9.81. The molecule has 2 rings (SSSR count). The first-order valence-corrected chi connectivity index (χ1v) is 8.59. The van der Waals surface area contributed by atoms with E-state index < -0.39 is 0 Å². The Bertz CT molecular complexity index is 471. The average Bonchev–Trinajstić information content (AvgIpc) is 2.91. The van der Waals surface area contributed by atoms with Crippen molar-refractivity contribution in [2.45, 2.75) is 45.4 Å². The second kappa shape index (κ2) is 10.9. The van der Waals surface area contributed by atoms with Gasteiger partial charge in [0.05, 0.1) is 6.20 Å². The van der Waals surface area contributed by atoms with Gasteiger partial charge in [0.25, 0.3) is 0 Å². The van der Waals surface area contributed by atoms with Crippen LogP contribution in [0.15, 0.2) is 17.4 Å². The van der Waals surface area contributed by atoms with Crippen LogP contribution in [0.4, 0.5) is 0 Å². The van der Waals surface area contributed by atoms with Crippen molar-refractivity contribution in [3.8, 4) is 0 Å². The van der Waals surface area contributed by atoms with E-state index in [1.54, 1.807) is 0 Å². The van der Waals surface area contributed by atoms with Gasteiger partial charge in [-0.25, -0.2) is 0 Å². The SMILES string of the molecule is CN=C(NCCc1cnn(C)c1)NCCC1CCCC(C)C1.I. The van der Waals surface area contributed by atoms with Crippen LogP contribution in [0.2, 0.25) is 0 Å². The molecule has 1 heterocycles. The van der Waals surface area contributed by atoms with Gasteiger partial charge in [-0.15, -0.1) is 24.0 Å². The normalized spacial score (nSPS) is 21.6. The number of aromatic nitrogens is 2. The zero-order valence-electron chi connectivity index (χ0n) is 14.7. The van der Waals surface area contributed by atoms with Gasteiger partial charge in [0.1, 0.15) is 0 Å². The fraction of sp³-hybridized carbons (Fsp3) is 0.765. The molecule has 1 aromatic heterocycles. The summed E-state index contributed by atoms with van der Waals surface area (Å²) in [6.45, 7) is 4.29. The number of hydrogen-bond donors (Lipinski definition) is 2. The number of hydrogen-bond acceptors (Lipinski definition) is 2. The first-order valence-electron chi connectivity index (χ1n) is 8.59. The van der Waals surface area contributed by atoms with Crippen LogP contribution in [0.5, 0.6) is 0 Å². The van der Waals surface area contributed by atoms with Crippen LogP contribution >= 0.6 is 24.0 Å². The van der Waals surface area contributed by atoms with E-state index in [1.165, 1.54) is 37.7 Å². The molecule has 132 valence electrons. The maximum atomic E-state index is 4.30. The standard InChI is InChI=1S/C17H31N5.HI/c1-14-5-4-6-15(11-14)7-9-19-17(18-2)20-10-8-16-12-21-22(3)13-16;/h12-15H,4-11H2,1-3H3,(H2,18,19,20);1H. The Morgan fingerprint density at radius 1 is 1.35 bits per heavy atom. The third kappa shape index (κ3) is 7.54. The van der Waals surface area contributed by atoms with E-state index in [-0.39, 0.29) is 24.0 Å². The lowest BCUT2D eigenvalue weighted by Gasteiger charge is -2.26. The summed E-state index contributed by atoms with van der Waals surface area (Å²) >= 11 is 0. The summed E-state index contributed by atoms with van der Waals surface area (Å²) in [7, 11) is 3.78. The van der Waals surface area contributed by atoms with Gasteiger partial charge in [-0.2, -0.15) is 5.10 Å². The molecule has 6 heteroatoms. The number of halogens is 1. The van der Waals surface area contributed by atoms with E-state index >= 15 is 0 Å². The Balaban J connectivity index is 0.00000264. The molecule has 1 aliphatic rings. The summed E-state index contributed by atoms with van der Waals surface area (Å²) in [4.78, 5) is 4.30. The molecule has 0 radical (unpaired) electrons. The van der Waals surface area contributed by atoms with E-state index in [2.05, 4.69) is 33.8 Å². The molecular weight excluding hydrogens is 401 g/mol. The molecular formula is C17H32IN5. The van der Waals surface area contributed by atoms with Crippen molar-refractivity contribution in [3.05, 3.63) is 18.0 Å². The molecule has 2 unspecified atom stereocenters. The molecule has 0 saturated heterocycles. The van der Waals surface area contributed by atoms with Crippen LogP contribution in [-0.4, -0.2) is 35.9 Å². The molecule has 0 aliphatic heterocycles. The van der Waals surface area contributed by atoms with Crippen molar-refractivity contribution in [1.82, 2.24) is 20.4 Å². The molecule has 5 nitrogen and oxygen atoms in total. The maximum absolute atomic E-state index is 4.30. The van der Waals surface area contributed by atoms with Crippen LogP contribution in [0.25, 0.3) is 0 Å². The number of nitrogens with one attached hydrogen (secondary N) is 2. The van der Waals surface area contributed by atoms with Crippen LogP contribution in [0.3, 0.4) is 0 Å². The fourth-order valence-electron chi connectivity index (χ4n) is 3.36. The highest BCUT2D eigenvalue weighted by molar-refractivity contribution is 14.0. The second-order valence-corrected chi connectivity index (χ2v) is 6.62. The fourth-order valence-corrected chi connectivity index (χ4v) is 3.36. The minimum absolute atomic E-state index is 0. The molecule has 2 atom stereocenters. The summed E-state index contributed by atoms with van der Waals surface area (Å²) in [5, 5.41) is 11.0. The molecule has 0 bridgehead atoms. The number of aliphatic imine (C=N–C) groups is 1. The highest BCUT2D eigenvalue weighted by atomic mass is 127. The van der Waals surface area contributed by atoms with Gasteiger partial charge in [0, 0.05) is 33.4 Å². The molecule has 1 aromatic rings. The summed E-state index contributed by atoms with van der Waals surface area (Å²) < 4.78 is 1.84. The predicted molar refractivity (Wildman–Crippen MR) is 107 cm³/mol. The van der Waals surface area contributed by atoms with Crippen molar-refractivity contribution >= 4 is 29.9 Å². The predicted octanol–water partition coefficient (Wildman–Crippen LogP) is 2.96. The van der Waals surface area contributed by atoms with E-state index in [4.69, 9.17) is 0 Å². The topological polar surface area (TPSA) is 54.2 Å². The minimum Gasteiger partial charge on any atom is -0.356 e. The van der Waals surface area contributed by atoms with Crippen molar-refractivity contribution in [2.75, 3.05) is 20.1 Å². The van der Waals surface area contributed by atoms with E-state index in [0.717, 1.165) is 37.3 Å². The Kier molecular flexibility index (Phi) is 9.59. The number of aryl methyl sites for hydroxylation is 1. The monoisotopic (exact) mass is 433 g/mol. The van der Waals surface area contributed by atoms with Gasteiger partial charge < -0.3 is 10.6 Å². The van der Waals surface area contributed by atoms with E-state index in [9.17, 15) is 0 Å². The van der Waals surface area contributed by atoms with Crippen molar-refractivity contribution in [2.24, 2.45) is 23.9 Å². The summed E-state index contributed by atoms with van der Waals surface area (Å²) in [5.41, 5.74) is 1.25. The van der Waals surface area contributed by atoms with Gasteiger partial charge in [-0.3, -0.25) is 9.67 Å². The minimum atomic E-state index is 0.